The van der Waals surface area contributed by atoms with Crippen LogP contribution in [-0.2, 0) is 4.79 Å². The van der Waals surface area contributed by atoms with E-state index in [0.717, 1.165) is 0 Å². The fourth-order valence-electron chi connectivity index (χ4n) is 0.925. The molecule has 0 unspecified atom stereocenters. The maximum absolute atomic E-state index is 10.5. The lowest BCUT2D eigenvalue weighted by Crippen LogP contribution is -1.89. The van der Waals surface area contributed by atoms with Gasteiger partial charge in [0.1, 0.15) is 11.3 Å². The average molecular weight is 224 g/mol. The zero-order valence-corrected chi connectivity index (χ0v) is 8.32. The summed E-state index contributed by atoms with van der Waals surface area (Å²) < 4.78 is 0. The van der Waals surface area contributed by atoms with Gasteiger partial charge in [0.05, 0.1) is 11.3 Å². The molecule has 1 aromatic rings. The van der Waals surface area contributed by atoms with Gasteiger partial charge >= 0.3 is 0 Å². The molecule has 4 nitrogen and oxygen atoms in total. The maximum atomic E-state index is 10.5. The Hall–Kier alpha value is -1.86. The Morgan fingerprint density at radius 3 is 2.87 bits per heavy atom. The minimum absolute atomic E-state index is 0.0703. The topological polar surface area (TPSA) is 60.2 Å². The summed E-state index contributed by atoms with van der Waals surface area (Å²) in [4.78, 5) is 19.9. The SMILES string of the molecule is O=CCC#Cc1ccc(Cl)c([N+](=O)[O-])c1. The fraction of sp³-hybridized carbons (Fsp3) is 0.100. The number of hydrogen-bond acceptors (Lipinski definition) is 3. The van der Waals surface area contributed by atoms with Gasteiger partial charge in [0.2, 0.25) is 0 Å². The first kappa shape index (κ1) is 11.2. The molecule has 0 N–H and O–H groups in total. The summed E-state index contributed by atoms with van der Waals surface area (Å²) in [6.45, 7) is 0. The third kappa shape index (κ3) is 3.08. The summed E-state index contributed by atoms with van der Waals surface area (Å²) in [5, 5.41) is 10.6. The predicted molar refractivity (Wildman–Crippen MR) is 55.7 cm³/mol. The lowest BCUT2D eigenvalue weighted by atomic mass is 10.2. The van der Waals surface area contributed by atoms with E-state index in [1.165, 1.54) is 12.1 Å². The Bertz CT molecular complexity index is 459. The van der Waals surface area contributed by atoms with Gasteiger partial charge in [-0.15, -0.1) is 0 Å². The van der Waals surface area contributed by atoms with Gasteiger partial charge in [-0.2, -0.15) is 0 Å². The third-order valence-corrected chi connectivity index (χ3v) is 1.88. The van der Waals surface area contributed by atoms with Gasteiger partial charge in [-0.1, -0.05) is 23.4 Å². The number of halogens is 1. The van der Waals surface area contributed by atoms with Crippen molar-refractivity contribution in [2.45, 2.75) is 6.42 Å². The van der Waals surface area contributed by atoms with E-state index in [4.69, 9.17) is 11.6 Å². The third-order valence-electron chi connectivity index (χ3n) is 1.56. The molecule has 0 aliphatic carbocycles. The number of carbonyl (C=O) groups is 1. The monoisotopic (exact) mass is 223 g/mol. The van der Waals surface area contributed by atoms with Crippen molar-refractivity contribution in [1.82, 2.24) is 0 Å². The summed E-state index contributed by atoms with van der Waals surface area (Å²) in [5.74, 6) is 5.18. The second-order valence-corrected chi connectivity index (χ2v) is 3.00. The Balaban J connectivity index is 3.04. The molecule has 0 saturated heterocycles. The molecule has 0 radical (unpaired) electrons. The van der Waals surface area contributed by atoms with Gasteiger partial charge in [0.25, 0.3) is 5.69 Å². The molecule has 0 aromatic heterocycles. The lowest BCUT2D eigenvalue weighted by molar-refractivity contribution is -0.384. The standard InChI is InChI=1S/C10H6ClNO3/c11-9-5-4-8(3-1-2-6-13)7-10(9)12(14)15/h4-7H,2H2. The first-order valence-electron chi connectivity index (χ1n) is 4.01. The van der Waals surface area contributed by atoms with Crippen molar-refractivity contribution in [3.8, 4) is 11.8 Å². The molecule has 1 rings (SSSR count). The number of hydrogen-bond donors (Lipinski definition) is 0. The molecule has 0 amide bonds. The molecule has 0 spiro atoms. The van der Waals surface area contributed by atoms with Gasteiger partial charge in [-0.3, -0.25) is 10.1 Å². The number of rotatable bonds is 2. The molecular formula is C10H6ClNO3. The maximum Gasteiger partial charge on any atom is 0.289 e. The highest BCUT2D eigenvalue weighted by Crippen LogP contribution is 2.24. The Kier molecular flexibility index (Phi) is 3.83. The predicted octanol–water partition coefficient (Wildman–Crippen LogP) is 2.19. The van der Waals surface area contributed by atoms with E-state index < -0.39 is 4.92 Å². The summed E-state index contributed by atoms with van der Waals surface area (Å²) in [7, 11) is 0. The first-order chi connectivity index (χ1) is 7.15. The van der Waals surface area contributed by atoms with Gasteiger partial charge in [0, 0.05) is 11.6 Å². The van der Waals surface area contributed by atoms with Crippen LogP contribution in [0.1, 0.15) is 12.0 Å². The molecule has 15 heavy (non-hydrogen) atoms. The Morgan fingerprint density at radius 1 is 1.53 bits per heavy atom. The largest absolute Gasteiger partial charge is 0.302 e. The van der Waals surface area contributed by atoms with Crippen molar-refractivity contribution in [3.63, 3.8) is 0 Å². The van der Waals surface area contributed by atoms with Crippen molar-refractivity contribution in [2.75, 3.05) is 0 Å². The second-order valence-electron chi connectivity index (χ2n) is 2.60. The van der Waals surface area contributed by atoms with E-state index in [-0.39, 0.29) is 17.1 Å². The summed E-state index contributed by atoms with van der Waals surface area (Å²) in [6.07, 6.45) is 0.772. The van der Waals surface area contributed by atoms with Crippen molar-refractivity contribution >= 4 is 23.6 Å². The van der Waals surface area contributed by atoms with Crippen LogP contribution in [0, 0.1) is 22.0 Å². The van der Waals surface area contributed by atoms with E-state index in [1.807, 2.05) is 0 Å². The van der Waals surface area contributed by atoms with Crippen LogP contribution >= 0.6 is 11.6 Å². The molecule has 0 bridgehead atoms. The quantitative estimate of drug-likeness (QED) is 0.334. The molecule has 0 atom stereocenters. The Morgan fingerprint density at radius 2 is 2.27 bits per heavy atom. The minimum atomic E-state index is -0.576. The summed E-state index contributed by atoms with van der Waals surface area (Å²) in [6, 6.07) is 4.25. The fourth-order valence-corrected chi connectivity index (χ4v) is 1.11. The van der Waals surface area contributed by atoms with Crippen LogP contribution < -0.4 is 0 Å². The zero-order chi connectivity index (χ0) is 11.3. The first-order valence-corrected chi connectivity index (χ1v) is 4.39. The number of carbonyl (C=O) groups excluding carboxylic acids is 1. The van der Waals surface area contributed by atoms with Gasteiger partial charge in [0.15, 0.2) is 0 Å². The van der Waals surface area contributed by atoms with Crippen molar-refractivity contribution < 1.29 is 9.72 Å². The zero-order valence-electron chi connectivity index (χ0n) is 7.57. The molecule has 1 aromatic carbocycles. The highest BCUT2D eigenvalue weighted by Gasteiger charge is 2.11. The lowest BCUT2D eigenvalue weighted by Gasteiger charge is -1.95. The van der Waals surface area contributed by atoms with Crippen LogP contribution in [0.2, 0.25) is 5.02 Å². The van der Waals surface area contributed by atoms with E-state index in [0.29, 0.717) is 11.8 Å². The smallest absolute Gasteiger partial charge is 0.289 e. The number of aldehydes is 1. The number of nitro benzene ring substituents is 1. The molecule has 5 heteroatoms. The van der Waals surface area contributed by atoms with Gasteiger partial charge < -0.3 is 4.79 Å². The van der Waals surface area contributed by atoms with Crippen LogP contribution in [0.15, 0.2) is 18.2 Å². The molecule has 0 fully saturated rings. The van der Waals surface area contributed by atoms with E-state index >= 15 is 0 Å². The highest BCUT2D eigenvalue weighted by atomic mass is 35.5. The van der Waals surface area contributed by atoms with Crippen molar-refractivity contribution in [3.05, 3.63) is 38.9 Å². The van der Waals surface area contributed by atoms with Crippen LogP contribution in [0.4, 0.5) is 5.69 Å². The molecule has 0 aliphatic heterocycles. The second kappa shape index (κ2) is 5.13. The molecule has 0 saturated carbocycles. The summed E-state index contributed by atoms with van der Waals surface area (Å²) in [5.41, 5.74) is 0.280. The van der Waals surface area contributed by atoms with Crippen LogP contribution in [0.3, 0.4) is 0 Å². The highest BCUT2D eigenvalue weighted by molar-refractivity contribution is 6.32. The number of nitrogens with zero attached hydrogens (tertiary/aromatic N) is 1. The normalized spacial score (nSPS) is 8.87. The molecule has 76 valence electrons. The average Bonchev–Trinajstić information content (AvgIpc) is 2.20. The van der Waals surface area contributed by atoms with E-state index in [9.17, 15) is 14.9 Å². The van der Waals surface area contributed by atoms with E-state index in [2.05, 4.69) is 11.8 Å². The van der Waals surface area contributed by atoms with Crippen LogP contribution in [-0.4, -0.2) is 11.2 Å². The number of nitro groups is 1. The minimum Gasteiger partial charge on any atom is -0.302 e. The van der Waals surface area contributed by atoms with E-state index in [1.54, 1.807) is 6.07 Å². The number of benzene rings is 1. The molecular weight excluding hydrogens is 218 g/mol. The Labute approximate surface area is 91.0 Å². The molecule has 0 aliphatic rings. The van der Waals surface area contributed by atoms with Gasteiger partial charge in [-0.25, -0.2) is 0 Å². The van der Waals surface area contributed by atoms with Crippen molar-refractivity contribution in [2.24, 2.45) is 0 Å². The van der Waals surface area contributed by atoms with Crippen LogP contribution in [0.5, 0.6) is 0 Å². The molecule has 0 heterocycles. The summed E-state index contributed by atoms with van der Waals surface area (Å²) >= 11 is 5.61. The van der Waals surface area contributed by atoms with Crippen LogP contribution in [0.25, 0.3) is 0 Å². The van der Waals surface area contributed by atoms with Crippen molar-refractivity contribution in [1.29, 1.82) is 0 Å². The van der Waals surface area contributed by atoms with Gasteiger partial charge in [-0.05, 0) is 12.1 Å².